The number of nitrogens with one attached hydrogen (secondary N) is 1. The number of hydrogen-bond acceptors (Lipinski definition) is 3. The maximum absolute atomic E-state index is 3.76. The van der Waals surface area contributed by atoms with Crippen molar-refractivity contribution in [1.29, 1.82) is 0 Å². The fraction of sp³-hybridized carbons (Fsp3) is 0.647. The normalized spacial score (nSPS) is 27.1. The van der Waals surface area contributed by atoms with Crippen molar-refractivity contribution in [3.8, 4) is 0 Å². The molecule has 0 amide bonds. The lowest BCUT2D eigenvalue weighted by atomic mass is 9.89. The number of rotatable bonds is 4. The topological polar surface area (TPSA) is 15.3 Å². The SMILES string of the molecule is CCC1(C)CN(c2cccc(SC)c2)C(C(C)C)CN1. The molecule has 112 valence electrons. The van der Waals surface area contributed by atoms with Crippen LogP contribution in [0.3, 0.4) is 0 Å². The smallest absolute Gasteiger partial charge is 0.0438 e. The van der Waals surface area contributed by atoms with E-state index in [-0.39, 0.29) is 5.54 Å². The molecule has 1 saturated heterocycles. The van der Waals surface area contributed by atoms with Crippen molar-refractivity contribution < 1.29 is 0 Å². The molecule has 2 atom stereocenters. The van der Waals surface area contributed by atoms with Gasteiger partial charge in [-0.25, -0.2) is 0 Å². The number of thioether (sulfide) groups is 1. The van der Waals surface area contributed by atoms with Crippen LogP contribution < -0.4 is 10.2 Å². The van der Waals surface area contributed by atoms with E-state index in [2.05, 4.69) is 68.4 Å². The van der Waals surface area contributed by atoms with Crippen LogP contribution in [0.4, 0.5) is 5.69 Å². The summed E-state index contributed by atoms with van der Waals surface area (Å²) in [4.78, 5) is 3.96. The molecule has 1 fully saturated rings. The number of benzene rings is 1. The van der Waals surface area contributed by atoms with Gasteiger partial charge in [-0.05, 0) is 43.7 Å². The zero-order valence-corrected chi connectivity index (χ0v) is 14.3. The van der Waals surface area contributed by atoms with Gasteiger partial charge >= 0.3 is 0 Å². The van der Waals surface area contributed by atoms with Crippen LogP contribution in [-0.4, -0.2) is 30.9 Å². The second-order valence-electron chi connectivity index (χ2n) is 6.44. The molecular weight excluding hydrogens is 264 g/mol. The summed E-state index contributed by atoms with van der Waals surface area (Å²) in [6.07, 6.45) is 3.31. The first-order chi connectivity index (χ1) is 9.49. The Hall–Kier alpha value is -0.670. The summed E-state index contributed by atoms with van der Waals surface area (Å²) in [5, 5.41) is 3.76. The molecule has 2 rings (SSSR count). The van der Waals surface area contributed by atoms with E-state index in [0.29, 0.717) is 12.0 Å². The van der Waals surface area contributed by atoms with Crippen molar-refractivity contribution in [3.05, 3.63) is 24.3 Å². The highest BCUT2D eigenvalue weighted by atomic mass is 32.2. The molecule has 1 aliphatic heterocycles. The van der Waals surface area contributed by atoms with Crippen LogP contribution >= 0.6 is 11.8 Å². The van der Waals surface area contributed by atoms with Gasteiger partial charge in [-0.1, -0.05) is 26.8 Å². The highest BCUT2D eigenvalue weighted by Gasteiger charge is 2.35. The van der Waals surface area contributed by atoms with E-state index in [0.717, 1.165) is 19.5 Å². The molecule has 0 bridgehead atoms. The summed E-state index contributed by atoms with van der Waals surface area (Å²) < 4.78 is 0. The van der Waals surface area contributed by atoms with Crippen molar-refractivity contribution >= 4 is 17.4 Å². The van der Waals surface area contributed by atoms with Crippen LogP contribution in [0.15, 0.2) is 29.2 Å². The molecule has 0 saturated carbocycles. The number of piperazine rings is 1. The van der Waals surface area contributed by atoms with E-state index in [1.807, 2.05) is 11.8 Å². The van der Waals surface area contributed by atoms with E-state index in [9.17, 15) is 0 Å². The van der Waals surface area contributed by atoms with Gasteiger partial charge in [0.15, 0.2) is 0 Å². The van der Waals surface area contributed by atoms with Crippen LogP contribution in [0, 0.1) is 5.92 Å². The minimum Gasteiger partial charge on any atom is -0.365 e. The first-order valence-electron chi connectivity index (χ1n) is 7.65. The molecule has 1 aliphatic rings. The zero-order chi connectivity index (χ0) is 14.8. The van der Waals surface area contributed by atoms with Gasteiger partial charge in [0.2, 0.25) is 0 Å². The van der Waals surface area contributed by atoms with E-state index in [4.69, 9.17) is 0 Å². The summed E-state index contributed by atoms with van der Waals surface area (Å²) >= 11 is 1.82. The van der Waals surface area contributed by atoms with Crippen LogP contribution in [0.5, 0.6) is 0 Å². The Morgan fingerprint density at radius 1 is 1.45 bits per heavy atom. The van der Waals surface area contributed by atoms with Gasteiger partial charge in [-0.2, -0.15) is 0 Å². The Morgan fingerprint density at radius 2 is 2.20 bits per heavy atom. The summed E-state index contributed by atoms with van der Waals surface area (Å²) in [5.41, 5.74) is 1.59. The third-order valence-electron chi connectivity index (χ3n) is 4.59. The lowest BCUT2D eigenvalue weighted by molar-refractivity contribution is 0.253. The molecule has 0 radical (unpaired) electrons. The van der Waals surface area contributed by atoms with Crippen LogP contribution in [0.25, 0.3) is 0 Å². The molecule has 1 heterocycles. The third-order valence-corrected chi connectivity index (χ3v) is 5.32. The standard InChI is InChI=1S/C17H28N2S/c1-6-17(4)12-19(16(11-18-17)13(2)3)14-8-7-9-15(10-14)20-5/h7-10,13,16,18H,6,11-12H2,1-5H3. The number of nitrogens with zero attached hydrogens (tertiary/aromatic N) is 1. The second kappa shape index (κ2) is 6.40. The minimum absolute atomic E-state index is 0.223. The van der Waals surface area contributed by atoms with Crippen LogP contribution in [0.2, 0.25) is 0 Å². The zero-order valence-electron chi connectivity index (χ0n) is 13.4. The Morgan fingerprint density at radius 3 is 2.80 bits per heavy atom. The lowest BCUT2D eigenvalue weighted by Gasteiger charge is -2.48. The maximum atomic E-state index is 3.76. The summed E-state index contributed by atoms with van der Waals surface area (Å²) in [7, 11) is 0. The average Bonchev–Trinajstić information content (AvgIpc) is 2.47. The predicted octanol–water partition coefficient (Wildman–Crippen LogP) is 4.01. The van der Waals surface area contributed by atoms with E-state index < -0.39 is 0 Å². The maximum Gasteiger partial charge on any atom is 0.0438 e. The Balaban J connectivity index is 2.31. The summed E-state index contributed by atoms with van der Waals surface area (Å²) in [5.74, 6) is 0.654. The molecule has 2 nitrogen and oxygen atoms in total. The van der Waals surface area contributed by atoms with Crippen LogP contribution in [-0.2, 0) is 0 Å². The average molecular weight is 292 g/mol. The van der Waals surface area contributed by atoms with Crippen LogP contribution in [0.1, 0.15) is 34.1 Å². The Kier molecular flexibility index (Phi) is 5.03. The van der Waals surface area contributed by atoms with Gasteiger partial charge in [-0.3, -0.25) is 0 Å². The molecule has 1 N–H and O–H groups in total. The largest absolute Gasteiger partial charge is 0.365 e. The minimum atomic E-state index is 0.223. The van der Waals surface area contributed by atoms with Crippen molar-refractivity contribution in [1.82, 2.24) is 5.32 Å². The molecule has 0 aromatic heterocycles. The first kappa shape index (κ1) is 15.7. The van der Waals surface area contributed by atoms with Crippen molar-refractivity contribution in [2.75, 3.05) is 24.2 Å². The number of hydrogen-bond donors (Lipinski definition) is 1. The van der Waals surface area contributed by atoms with Crippen molar-refractivity contribution in [2.24, 2.45) is 5.92 Å². The quantitative estimate of drug-likeness (QED) is 0.844. The Bertz CT molecular complexity index is 446. The van der Waals surface area contributed by atoms with Gasteiger partial charge in [0.1, 0.15) is 0 Å². The van der Waals surface area contributed by atoms with Gasteiger partial charge in [0.05, 0.1) is 0 Å². The second-order valence-corrected chi connectivity index (χ2v) is 7.32. The molecular formula is C17H28N2S. The fourth-order valence-electron chi connectivity index (χ4n) is 2.91. The van der Waals surface area contributed by atoms with Gasteiger partial charge in [-0.15, -0.1) is 11.8 Å². The summed E-state index contributed by atoms with van der Waals surface area (Å²) in [6, 6.07) is 9.55. The van der Waals surface area contributed by atoms with Gasteiger partial charge in [0.25, 0.3) is 0 Å². The molecule has 2 unspecified atom stereocenters. The molecule has 0 aliphatic carbocycles. The van der Waals surface area contributed by atoms with Gasteiger partial charge in [0, 0.05) is 35.3 Å². The first-order valence-corrected chi connectivity index (χ1v) is 8.87. The third kappa shape index (κ3) is 3.32. The Labute approximate surface area is 128 Å². The van der Waals surface area contributed by atoms with Crippen molar-refractivity contribution in [2.45, 2.75) is 50.6 Å². The summed E-state index contributed by atoms with van der Waals surface area (Å²) in [6.45, 7) is 11.4. The molecule has 0 spiro atoms. The molecule has 20 heavy (non-hydrogen) atoms. The van der Waals surface area contributed by atoms with Crippen molar-refractivity contribution in [3.63, 3.8) is 0 Å². The molecule has 1 aromatic rings. The van der Waals surface area contributed by atoms with E-state index in [1.165, 1.54) is 10.6 Å². The molecule has 1 aromatic carbocycles. The highest BCUT2D eigenvalue weighted by molar-refractivity contribution is 7.98. The monoisotopic (exact) mass is 292 g/mol. The van der Waals surface area contributed by atoms with E-state index >= 15 is 0 Å². The lowest BCUT2D eigenvalue weighted by Crippen LogP contribution is -2.64. The van der Waals surface area contributed by atoms with E-state index in [1.54, 1.807) is 0 Å². The molecule has 3 heteroatoms. The van der Waals surface area contributed by atoms with Gasteiger partial charge < -0.3 is 10.2 Å². The predicted molar refractivity (Wildman–Crippen MR) is 90.9 cm³/mol. The fourth-order valence-corrected chi connectivity index (χ4v) is 3.37. The highest BCUT2D eigenvalue weighted by Crippen LogP contribution is 2.30. The number of anilines is 1.